The zero-order valence-electron chi connectivity index (χ0n) is 6.14. The van der Waals surface area contributed by atoms with E-state index in [1.807, 2.05) is 0 Å². The Kier molecular flexibility index (Phi) is 4.68. The van der Waals surface area contributed by atoms with Crippen LogP contribution in [0.4, 0.5) is 0 Å². The van der Waals surface area contributed by atoms with Gasteiger partial charge in [-0.1, -0.05) is 15.9 Å². The summed E-state index contributed by atoms with van der Waals surface area (Å²) in [6, 6.07) is 0. The van der Waals surface area contributed by atoms with Crippen molar-refractivity contribution in [1.82, 2.24) is 0 Å². The van der Waals surface area contributed by atoms with E-state index >= 15 is 0 Å². The summed E-state index contributed by atoms with van der Waals surface area (Å²) in [6.45, 7) is 2.86. The number of ether oxygens (including phenoxy) is 1. The average Bonchev–Trinajstić information content (AvgIpc) is 1.84. The van der Waals surface area contributed by atoms with Gasteiger partial charge in [0.05, 0.1) is 0 Å². The molecule has 0 aromatic rings. The fourth-order valence-corrected chi connectivity index (χ4v) is 0.791. The zero-order valence-corrected chi connectivity index (χ0v) is 8.48. The van der Waals surface area contributed by atoms with E-state index in [1.165, 1.54) is 6.92 Å². The molecule has 0 aliphatic rings. The molecule has 0 aromatic carbocycles. The third kappa shape index (κ3) is 4.37. The van der Waals surface area contributed by atoms with E-state index in [0.29, 0.717) is 0 Å². The monoisotopic (exact) mass is 242 g/mol. The molecule has 11 heavy (non-hydrogen) atoms. The van der Waals surface area contributed by atoms with Crippen LogP contribution in [0.25, 0.3) is 0 Å². The fourth-order valence-electron chi connectivity index (χ4n) is 0.506. The van der Waals surface area contributed by atoms with Gasteiger partial charge in [0.2, 0.25) is 5.24 Å². The van der Waals surface area contributed by atoms with Crippen LogP contribution in [0.15, 0.2) is 0 Å². The molecule has 0 fully saturated rings. The molecule has 2 atom stereocenters. The summed E-state index contributed by atoms with van der Waals surface area (Å²) < 4.78 is 4.68. The van der Waals surface area contributed by atoms with Gasteiger partial charge in [0.25, 0.3) is 0 Å². The van der Waals surface area contributed by atoms with Crippen molar-refractivity contribution in [3.05, 3.63) is 0 Å². The molecule has 0 radical (unpaired) electrons. The van der Waals surface area contributed by atoms with Crippen molar-refractivity contribution in [2.45, 2.75) is 24.8 Å². The molecule has 0 saturated carbocycles. The van der Waals surface area contributed by atoms with Crippen molar-refractivity contribution in [3.63, 3.8) is 0 Å². The highest BCUT2D eigenvalue weighted by atomic mass is 79.9. The molecule has 0 N–H and O–H groups in total. The van der Waals surface area contributed by atoms with Gasteiger partial charge in [0.15, 0.2) is 0 Å². The number of hydrogen-bond donors (Lipinski definition) is 0. The lowest BCUT2D eigenvalue weighted by Gasteiger charge is -2.13. The maximum absolute atomic E-state index is 10.5. The average molecular weight is 243 g/mol. The molecular formula is C6H8BrClO3. The molecule has 5 heteroatoms. The Labute approximate surface area is 78.2 Å². The van der Waals surface area contributed by atoms with Gasteiger partial charge in [-0.15, -0.1) is 0 Å². The van der Waals surface area contributed by atoms with Gasteiger partial charge in [0.1, 0.15) is 10.9 Å². The van der Waals surface area contributed by atoms with Crippen molar-refractivity contribution in [3.8, 4) is 0 Å². The SMILES string of the molecule is CC(=O)O[C@@H](C)[C@@H](Br)C(=O)Cl. The third-order valence-corrected chi connectivity index (χ3v) is 2.64. The van der Waals surface area contributed by atoms with Crippen LogP contribution < -0.4 is 0 Å². The molecule has 64 valence electrons. The van der Waals surface area contributed by atoms with Gasteiger partial charge < -0.3 is 4.74 Å². The van der Waals surface area contributed by atoms with Gasteiger partial charge in [-0.2, -0.15) is 0 Å². The molecule has 0 amide bonds. The molecule has 0 spiro atoms. The summed E-state index contributed by atoms with van der Waals surface area (Å²) in [4.78, 5) is 20.2. The molecule has 0 aliphatic heterocycles. The minimum absolute atomic E-state index is 0.431. The van der Waals surface area contributed by atoms with Gasteiger partial charge in [0, 0.05) is 6.92 Å². The van der Waals surface area contributed by atoms with E-state index in [1.54, 1.807) is 6.92 Å². The Morgan fingerprint density at radius 3 is 2.27 bits per heavy atom. The Morgan fingerprint density at radius 2 is 2.00 bits per heavy atom. The first kappa shape index (κ1) is 10.9. The Bertz CT molecular complexity index is 171. The lowest BCUT2D eigenvalue weighted by Crippen LogP contribution is -2.27. The second-order valence-electron chi connectivity index (χ2n) is 2.02. The number of hydrogen-bond acceptors (Lipinski definition) is 3. The number of carbonyl (C=O) groups is 2. The summed E-state index contributed by atoms with van der Waals surface area (Å²) in [5.41, 5.74) is 0. The molecule has 0 unspecified atom stereocenters. The van der Waals surface area contributed by atoms with Gasteiger partial charge in [-0.05, 0) is 18.5 Å². The van der Waals surface area contributed by atoms with E-state index in [2.05, 4.69) is 20.7 Å². The molecule has 0 aliphatic carbocycles. The van der Waals surface area contributed by atoms with Gasteiger partial charge >= 0.3 is 5.97 Å². The highest BCUT2D eigenvalue weighted by molar-refractivity contribution is 9.10. The summed E-state index contributed by atoms with van der Waals surface area (Å²) in [7, 11) is 0. The molecule has 0 bridgehead atoms. The van der Waals surface area contributed by atoms with Crippen LogP contribution in [0.5, 0.6) is 0 Å². The van der Waals surface area contributed by atoms with Crippen molar-refractivity contribution < 1.29 is 14.3 Å². The fraction of sp³-hybridized carbons (Fsp3) is 0.667. The largest absolute Gasteiger partial charge is 0.461 e. The van der Waals surface area contributed by atoms with Crippen molar-refractivity contribution in [2.75, 3.05) is 0 Å². The Balaban J connectivity index is 3.92. The molecule has 3 nitrogen and oxygen atoms in total. The summed E-state index contributed by atoms with van der Waals surface area (Å²) in [5.74, 6) is -0.431. The summed E-state index contributed by atoms with van der Waals surface area (Å²) in [6.07, 6.45) is -0.530. The zero-order chi connectivity index (χ0) is 9.02. The molecular weight excluding hydrogens is 235 g/mol. The van der Waals surface area contributed by atoms with Crippen LogP contribution in [-0.4, -0.2) is 22.1 Å². The Morgan fingerprint density at radius 1 is 1.55 bits per heavy atom. The quantitative estimate of drug-likeness (QED) is 0.428. The smallest absolute Gasteiger partial charge is 0.302 e. The van der Waals surface area contributed by atoms with Crippen LogP contribution in [0.1, 0.15) is 13.8 Å². The summed E-state index contributed by atoms with van der Waals surface area (Å²) in [5, 5.41) is -0.571. The normalized spacial score (nSPS) is 15.3. The lowest BCUT2D eigenvalue weighted by atomic mass is 10.3. The highest BCUT2D eigenvalue weighted by Crippen LogP contribution is 2.12. The number of alkyl halides is 1. The van der Waals surface area contributed by atoms with E-state index in [4.69, 9.17) is 11.6 Å². The molecule has 0 aromatic heterocycles. The lowest BCUT2D eigenvalue weighted by molar-refractivity contribution is -0.145. The number of halogens is 2. The minimum atomic E-state index is -0.631. The van der Waals surface area contributed by atoms with Crippen LogP contribution >= 0.6 is 27.5 Å². The maximum Gasteiger partial charge on any atom is 0.302 e. The van der Waals surface area contributed by atoms with Gasteiger partial charge in [-0.3, -0.25) is 9.59 Å². The first-order chi connectivity index (χ1) is 4.95. The van der Waals surface area contributed by atoms with E-state index in [0.717, 1.165) is 0 Å². The van der Waals surface area contributed by atoms with Gasteiger partial charge in [-0.25, -0.2) is 0 Å². The predicted molar refractivity (Wildman–Crippen MR) is 44.8 cm³/mol. The van der Waals surface area contributed by atoms with Crippen molar-refractivity contribution in [1.29, 1.82) is 0 Å². The van der Waals surface area contributed by atoms with Crippen molar-refractivity contribution in [2.24, 2.45) is 0 Å². The molecule has 0 rings (SSSR count). The van der Waals surface area contributed by atoms with E-state index < -0.39 is 22.1 Å². The second-order valence-corrected chi connectivity index (χ2v) is 3.38. The van der Waals surface area contributed by atoms with Crippen LogP contribution in [0.3, 0.4) is 0 Å². The minimum Gasteiger partial charge on any atom is -0.461 e. The number of esters is 1. The third-order valence-electron chi connectivity index (χ3n) is 0.981. The maximum atomic E-state index is 10.5. The second kappa shape index (κ2) is 4.72. The van der Waals surface area contributed by atoms with Crippen molar-refractivity contribution >= 4 is 38.7 Å². The van der Waals surface area contributed by atoms with E-state index in [-0.39, 0.29) is 0 Å². The predicted octanol–water partition coefficient (Wildman–Crippen LogP) is 1.47. The number of rotatable bonds is 3. The first-order valence-corrected chi connectivity index (χ1v) is 4.25. The van der Waals surface area contributed by atoms with Crippen LogP contribution in [0, 0.1) is 0 Å². The molecule has 0 saturated heterocycles. The highest BCUT2D eigenvalue weighted by Gasteiger charge is 2.22. The topological polar surface area (TPSA) is 43.4 Å². The Hall–Kier alpha value is -0.0900. The first-order valence-electron chi connectivity index (χ1n) is 2.95. The molecule has 0 heterocycles. The van der Waals surface area contributed by atoms with Crippen LogP contribution in [-0.2, 0) is 14.3 Å². The van der Waals surface area contributed by atoms with E-state index in [9.17, 15) is 9.59 Å². The van der Waals surface area contributed by atoms with Crippen LogP contribution in [0.2, 0.25) is 0 Å². The summed E-state index contributed by atoms with van der Waals surface area (Å²) >= 11 is 8.11. The number of carbonyl (C=O) groups excluding carboxylic acids is 2. The standard InChI is InChI=1S/C6H8BrClO3/c1-3(11-4(2)9)5(7)6(8)10/h3,5H,1-2H3/t3-,5+/m0/s1.